The van der Waals surface area contributed by atoms with Crippen molar-refractivity contribution in [2.24, 2.45) is 0 Å². The van der Waals surface area contributed by atoms with Crippen molar-refractivity contribution in [3.05, 3.63) is 71.8 Å². The number of carboxylic acid groups (broad SMARTS) is 1. The highest BCUT2D eigenvalue weighted by Crippen LogP contribution is 2.29. The SMILES string of the molecule is Cl.O=C(O)CCCN1CCC(OC(c2ccccc2)c2ccccc2)CC1. The van der Waals surface area contributed by atoms with Crippen molar-refractivity contribution in [1.29, 1.82) is 0 Å². The van der Waals surface area contributed by atoms with Gasteiger partial charge in [-0.25, -0.2) is 0 Å². The molecule has 5 heteroatoms. The first kappa shape index (κ1) is 21.4. The molecule has 1 heterocycles. The van der Waals surface area contributed by atoms with Gasteiger partial charge < -0.3 is 14.7 Å². The number of piperidine rings is 1. The average Bonchev–Trinajstić information content (AvgIpc) is 2.68. The molecule has 0 aromatic heterocycles. The van der Waals surface area contributed by atoms with Crippen LogP contribution in [-0.4, -0.2) is 41.7 Å². The van der Waals surface area contributed by atoms with Crippen molar-refractivity contribution in [3.63, 3.8) is 0 Å². The molecule has 2 aromatic rings. The second-order valence-corrected chi connectivity index (χ2v) is 6.88. The lowest BCUT2D eigenvalue weighted by molar-refractivity contribution is -0.137. The lowest BCUT2D eigenvalue weighted by atomic mass is 10.00. The van der Waals surface area contributed by atoms with Crippen molar-refractivity contribution in [1.82, 2.24) is 4.90 Å². The highest BCUT2D eigenvalue weighted by atomic mass is 35.5. The van der Waals surface area contributed by atoms with Gasteiger partial charge in [-0.1, -0.05) is 60.7 Å². The maximum Gasteiger partial charge on any atom is 0.303 e. The fraction of sp³-hybridized carbons (Fsp3) is 0.409. The largest absolute Gasteiger partial charge is 0.481 e. The van der Waals surface area contributed by atoms with Crippen LogP contribution in [-0.2, 0) is 9.53 Å². The smallest absolute Gasteiger partial charge is 0.303 e. The predicted octanol–water partition coefficient (Wildman–Crippen LogP) is 4.54. The second-order valence-electron chi connectivity index (χ2n) is 6.88. The zero-order valence-electron chi connectivity index (χ0n) is 15.5. The van der Waals surface area contributed by atoms with Crippen molar-refractivity contribution < 1.29 is 14.6 Å². The summed E-state index contributed by atoms with van der Waals surface area (Å²) in [7, 11) is 0. The Morgan fingerprint density at radius 1 is 1.00 bits per heavy atom. The fourth-order valence-electron chi connectivity index (χ4n) is 3.52. The van der Waals surface area contributed by atoms with Crippen LogP contribution >= 0.6 is 12.4 Å². The van der Waals surface area contributed by atoms with Crippen molar-refractivity contribution in [2.45, 2.75) is 37.9 Å². The summed E-state index contributed by atoms with van der Waals surface area (Å²) in [6.07, 6.45) is 3.14. The third-order valence-electron chi connectivity index (χ3n) is 4.93. The number of rotatable bonds is 8. The molecule has 1 N–H and O–H groups in total. The zero-order valence-corrected chi connectivity index (χ0v) is 16.3. The number of carbonyl (C=O) groups is 1. The highest BCUT2D eigenvalue weighted by molar-refractivity contribution is 5.85. The molecular weight excluding hydrogens is 362 g/mol. The van der Waals surface area contributed by atoms with Gasteiger partial charge in [-0.2, -0.15) is 0 Å². The van der Waals surface area contributed by atoms with Crippen LogP contribution in [0.25, 0.3) is 0 Å². The molecule has 0 bridgehead atoms. The molecule has 0 atom stereocenters. The van der Waals surface area contributed by atoms with E-state index in [1.165, 1.54) is 11.1 Å². The lowest BCUT2D eigenvalue weighted by Gasteiger charge is -2.34. The van der Waals surface area contributed by atoms with Gasteiger partial charge in [0.25, 0.3) is 0 Å². The molecule has 1 aliphatic rings. The topological polar surface area (TPSA) is 49.8 Å². The van der Waals surface area contributed by atoms with Gasteiger partial charge >= 0.3 is 5.97 Å². The summed E-state index contributed by atoms with van der Waals surface area (Å²) in [6.45, 7) is 2.81. The Bertz CT molecular complexity index is 633. The van der Waals surface area contributed by atoms with Gasteiger partial charge in [0.15, 0.2) is 0 Å². The summed E-state index contributed by atoms with van der Waals surface area (Å²) < 4.78 is 6.53. The summed E-state index contributed by atoms with van der Waals surface area (Å²) in [5, 5.41) is 8.76. The molecule has 0 aliphatic carbocycles. The van der Waals surface area contributed by atoms with E-state index < -0.39 is 5.97 Å². The van der Waals surface area contributed by atoms with Crippen LogP contribution in [0.3, 0.4) is 0 Å². The molecule has 0 amide bonds. The summed E-state index contributed by atoms with van der Waals surface area (Å²) in [5.41, 5.74) is 2.37. The molecule has 0 saturated carbocycles. The summed E-state index contributed by atoms with van der Waals surface area (Å²) in [6, 6.07) is 20.8. The monoisotopic (exact) mass is 389 g/mol. The van der Waals surface area contributed by atoms with Gasteiger partial charge in [0.1, 0.15) is 6.10 Å². The molecule has 1 aliphatic heterocycles. The minimum Gasteiger partial charge on any atom is -0.481 e. The number of nitrogens with zero attached hydrogens (tertiary/aromatic N) is 1. The molecule has 146 valence electrons. The van der Waals surface area contributed by atoms with Crippen LogP contribution in [0.5, 0.6) is 0 Å². The first-order valence-corrected chi connectivity index (χ1v) is 9.42. The second kappa shape index (κ2) is 11.1. The van der Waals surface area contributed by atoms with E-state index in [2.05, 4.69) is 53.4 Å². The molecule has 0 spiro atoms. The molecular formula is C22H28ClNO3. The van der Waals surface area contributed by atoms with E-state index in [9.17, 15) is 4.79 Å². The quantitative estimate of drug-likeness (QED) is 0.719. The summed E-state index contributed by atoms with van der Waals surface area (Å²) >= 11 is 0. The minimum absolute atomic E-state index is 0. The fourth-order valence-corrected chi connectivity index (χ4v) is 3.52. The molecule has 3 rings (SSSR count). The number of ether oxygens (including phenoxy) is 1. The number of hydrogen-bond acceptors (Lipinski definition) is 3. The van der Waals surface area contributed by atoms with E-state index >= 15 is 0 Å². The summed E-state index contributed by atoms with van der Waals surface area (Å²) in [4.78, 5) is 13.0. The Labute approximate surface area is 167 Å². The van der Waals surface area contributed by atoms with Gasteiger partial charge in [-0.15, -0.1) is 12.4 Å². The van der Waals surface area contributed by atoms with Gasteiger partial charge in [-0.3, -0.25) is 4.79 Å². The van der Waals surface area contributed by atoms with E-state index in [0.717, 1.165) is 38.9 Å². The first-order valence-electron chi connectivity index (χ1n) is 9.42. The molecule has 1 saturated heterocycles. The Kier molecular flexibility index (Phi) is 8.79. The van der Waals surface area contributed by atoms with Gasteiger partial charge in [-0.05, 0) is 36.9 Å². The van der Waals surface area contributed by atoms with Crippen LogP contribution in [0.15, 0.2) is 60.7 Å². The maximum atomic E-state index is 10.6. The van der Waals surface area contributed by atoms with Gasteiger partial charge in [0.2, 0.25) is 0 Å². The highest BCUT2D eigenvalue weighted by Gasteiger charge is 2.24. The van der Waals surface area contributed by atoms with Gasteiger partial charge in [0.05, 0.1) is 6.10 Å². The van der Waals surface area contributed by atoms with Crippen molar-refractivity contribution in [2.75, 3.05) is 19.6 Å². The Balaban J connectivity index is 0.00000261. The number of aliphatic carboxylic acids is 1. The molecule has 4 nitrogen and oxygen atoms in total. The maximum absolute atomic E-state index is 10.6. The number of benzene rings is 2. The predicted molar refractivity (Wildman–Crippen MR) is 109 cm³/mol. The Morgan fingerprint density at radius 3 is 2.00 bits per heavy atom. The van der Waals surface area contributed by atoms with E-state index in [1.54, 1.807) is 0 Å². The van der Waals surface area contributed by atoms with Crippen LogP contribution < -0.4 is 0 Å². The molecule has 2 aromatic carbocycles. The van der Waals surface area contributed by atoms with Crippen molar-refractivity contribution >= 4 is 18.4 Å². The molecule has 27 heavy (non-hydrogen) atoms. The average molecular weight is 390 g/mol. The third-order valence-corrected chi connectivity index (χ3v) is 4.93. The Morgan fingerprint density at radius 2 is 1.52 bits per heavy atom. The molecule has 1 fully saturated rings. The normalized spacial score (nSPS) is 15.4. The third kappa shape index (κ3) is 6.65. The Hall–Kier alpha value is -1.88. The number of likely N-dealkylation sites (tertiary alicyclic amines) is 1. The minimum atomic E-state index is -0.711. The van der Waals surface area contributed by atoms with Gasteiger partial charge in [0, 0.05) is 19.5 Å². The first-order chi connectivity index (χ1) is 12.7. The van der Waals surface area contributed by atoms with Crippen LogP contribution in [0.1, 0.15) is 42.9 Å². The lowest BCUT2D eigenvalue weighted by Crippen LogP contribution is -2.38. The van der Waals surface area contributed by atoms with E-state index in [0.29, 0.717) is 0 Å². The standard InChI is InChI=1S/C22H27NO3.ClH/c24-21(25)12-7-15-23-16-13-20(14-17-23)26-22(18-8-3-1-4-9-18)19-10-5-2-6-11-19;/h1-6,8-11,20,22H,7,12-17H2,(H,24,25);1H. The van der Waals surface area contributed by atoms with E-state index in [4.69, 9.17) is 9.84 Å². The van der Waals surface area contributed by atoms with E-state index in [-0.39, 0.29) is 31.0 Å². The summed E-state index contributed by atoms with van der Waals surface area (Å²) in [5.74, 6) is -0.711. The number of hydrogen-bond donors (Lipinski definition) is 1. The number of carboxylic acids is 1. The van der Waals surface area contributed by atoms with Crippen LogP contribution in [0.2, 0.25) is 0 Å². The molecule has 0 unspecified atom stereocenters. The molecule has 0 radical (unpaired) electrons. The van der Waals surface area contributed by atoms with E-state index in [1.807, 2.05) is 12.1 Å². The van der Waals surface area contributed by atoms with Crippen LogP contribution in [0, 0.1) is 0 Å². The number of halogens is 1. The zero-order chi connectivity index (χ0) is 18.2. The van der Waals surface area contributed by atoms with Crippen molar-refractivity contribution in [3.8, 4) is 0 Å². The van der Waals surface area contributed by atoms with Crippen LogP contribution in [0.4, 0.5) is 0 Å².